The molecule has 5 rings (SSSR count). The fraction of sp³-hybridized carbons (Fsp3) is 0.500. The lowest BCUT2D eigenvalue weighted by molar-refractivity contribution is 0.0342. The number of nitrogens with zero attached hydrogens (tertiary/aromatic N) is 5. The third-order valence-electron chi connectivity index (χ3n) is 7.12. The Balaban J connectivity index is 1.45. The molecule has 35 heavy (non-hydrogen) atoms. The van der Waals surface area contributed by atoms with Gasteiger partial charge in [0.2, 0.25) is 0 Å². The molecular weight excluding hydrogens is 438 g/mol. The van der Waals surface area contributed by atoms with Crippen molar-refractivity contribution in [2.75, 3.05) is 44.4 Å². The van der Waals surface area contributed by atoms with Crippen LogP contribution in [0.3, 0.4) is 0 Å². The second kappa shape index (κ2) is 10.8. The lowest BCUT2D eigenvalue weighted by atomic mass is 10.2. The SMILES string of the molecule is C#C[C@H]1CC[C@H](C)N1c1ccc(-c2nc3cc(CN4CCOCC4)ccc3n2CCOCC)cn1. The molecule has 0 saturated carbocycles. The first-order valence-electron chi connectivity index (χ1n) is 12.8. The average molecular weight is 474 g/mol. The summed E-state index contributed by atoms with van der Waals surface area (Å²) in [6.45, 7) is 10.8. The first-order chi connectivity index (χ1) is 17.2. The van der Waals surface area contributed by atoms with Gasteiger partial charge < -0.3 is 18.9 Å². The van der Waals surface area contributed by atoms with Gasteiger partial charge >= 0.3 is 0 Å². The minimum absolute atomic E-state index is 0.115. The Hall–Kier alpha value is -2.92. The Morgan fingerprint density at radius 1 is 1.17 bits per heavy atom. The molecule has 2 atom stereocenters. The summed E-state index contributed by atoms with van der Waals surface area (Å²) in [5.74, 6) is 4.78. The van der Waals surface area contributed by atoms with E-state index < -0.39 is 0 Å². The molecule has 7 nitrogen and oxygen atoms in total. The highest BCUT2D eigenvalue weighted by Gasteiger charge is 2.30. The van der Waals surface area contributed by atoms with Gasteiger partial charge in [-0.25, -0.2) is 9.97 Å². The zero-order chi connectivity index (χ0) is 24.2. The van der Waals surface area contributed by atoms with Crippen LogP contribution in [0.2, 0.25) is 0 Å². The van der Waals surface area contributed by atoms with Crippen molar-refractivity contribution in [3.8, 4) is 23.7 Å². The Bertz CT molecular complexity index is 1180. The lowest BCUT2D eigenvalue weighted by Crippen LogP contribution is -2.35. The number of ether oxygens (including phenoxy) is 2. The molecule has 1 aromatic carbocycles. The zero-order valence-electron chi connectivity index (χ0n) is 20.8. The van der Waals surface area contributed by atoms with Crippen LogP contribution in [-0.2, 0) is 22.6 Å². The fourth-order valence-electron chi connectivity index (χ4n) is 5.24. The smallest absolute Gasteiger partial charge is 0.142 e. The van der Waals surface area contributed by atoms with E-state index in [9.17, 15) is 0 Å². The Kier molecular flexibility index (Phi) is 7.33. The molecule has 2 saturated heterocycles. The van der Waals surface area contributed by atoms with Crippen LogP contribution < -0.4 is 4.90 Å². The summed E-state index contributed by atoms with van der Waals surface area (Å²) in [4.78, 5) is 14.6. The molecule has 0 aliphatic carbocycles. The van der Waals surface area contributed by atoms with Gasteiger partial charge in [0.1, 0.15) is 11.6 Å². The van der Waals surface area contributed by atoms with Crippen LogP contribution in [0.5, 0.6) is 0 Å². The van der Waals surface area contributed by atoms with Crippen LogP contribution >= 0.6 is 0 Å². The maximum Gasteiger partial charge on any atom is 0.142 e. The summed E-state index contributed by atoms with van der Waals surface area (Å²) in [6.07, 6.45) is 9.83. The summed E-state index contributed by atoms with van der Waals surface area (Å²) in [5, 5.41) is 0. The molecule has 2 aliphatic rings. The summed E-state index contributed by atoms with van der Waals surface area (Å²) in [5.41, 5.74) is 4.40. The number of hydrogen-bond acceptors (Lipinski definition) is 6. The van der Waals surface area contributed by atoms with Crippen molar-refractivity contribution in [1.29, 1.82) is 0 Å². The molecule has 2 aliphatic heterocycles. The number of fused-ring (bicyclic) bond motifs is 1. The zero-order valence-corrected chi connectivity index (χ0v) is 20.8. The quantitative estimate of drug-likeness (QED) is 0.365. The topological polar surface area (TPSA) is 55.7 Å². The van der Waals surface area contributed by atoms with E-state index in [-0.39, 0.29) is 6.04 Å². The Morgan fingerprint density at radius 3 is 2.77 bits per heavy atom. The van der Waals surface area contributed by atoms with Crippen LogP contribution in [0.15, 0.2) is 36.5 Å². The van der Waals surface area contributed by atoms with Crippen molar-refractivity contribution >= 4 is 16.9 Å². The van der Waals surface area contributed by atoms with Crippen LogP contribution in [0.1, 0.15) is 32.3 Å². The highest BCUT2D eigenvalue weighted by atomic mass is 16.5. The fourth-order valence-corrected chi connectivity index (χ4v) is 5.24. The summed E-state index contributed by atoms with van der Waals surface area (Å²) in [6, 6.07) is 11.3. The van der Waals surface area contributed by atoms with Gasteiger partial charge in [0, 0.05) is 50.6 Å². The number of benzene rings is 1. The minimum Gasteiger partial charge on any atom is -0.380 e. The van der Waals surface area contributed by atoms with Crippen molar-refractivity contribution in [1.82, 2.24) is 19.4 Å². The molecule has 184 valence electrons. The third kappa shape index (κ3) is 5.06. The molecule has 7 heteroatoms. The maximum atomic E-state index is 5.78. The number of hydrogen-bond donors (Lipinski definition) is 0. The van der Waals surface area contributed by atoms with Crippen molar-refractivity contribution in [3.05, 3.63) is 42.1 Å². The predicted molar refractivity (Wildman–Crippen MR) is 139 cm³/mol. The number of terminal acetylenes is 1. The number of morpholine rings is 1. The number of imidazole rings is 1. The van der Waals surface area contributed by atoms with Crippen molar-refractivity contribution in [3.63, 3.8) is 0 Å². The molecule has 0 N–H and O–H groups in total. The van der Waals surface area contributed by atoms with E-state index in [0.29, 0.717) is 19.3 Å². The molecule has 0 unspecified atom stereocenters. The predicted octanol–water partition coefficient (Wildman–Crippen LogP) is 3.96. The van der Waals surface area contributed by atoms with Crippen LogP contribution in [-0.4, -0.2) is 71.0 Å². The molecule has 0 radical (unpaired) electrons. The number of aromatic nitrogens is 3. The summed E-state index contributed by atoms with van der Waals surface area (Å²) >= 11 is 0. The van der Waals surface area contributed by atoms with Gasteiger partial charge in [0.25, 0.3) is 0 Å². The molecule has 0 amide bonds. The standard InChI is InChI=1S/C28H35N5O2/c1-4-24-9-6-21(3)33(24)27-11-8-23(19-29-27)28-30-25-18-22(20-31-12-15-35-16-13-31)7-10-26(25)32(28)14-17-34-5-2/h1,7-8,10-11,18-19,21,24H,5-6,9,12-17,20H2,2-3H3/t21-,24-/m0/s1. The largest absolute Gasteiger partial charge is 0.380 e. The molecule has 4 heterocycles. The minimum atomic E-state index is 0.115. The van der Waals surface area contributed by atoms with Gasteiger partial charge in [-0.2, -0.15) is 0 Å². The van der Waals surface area contributed by atoms with E-state index in [0.717, 1.165) is 80.5 Å². The van der Waals surface area contributed by atoms with Crippen LogP contribution in [0, 0.1) is 12.3 Å². The van der Waals surface area contributed by atoms with Crippen LogP contribution in [0.25, 0.3) is 22.4 Å². The molecule has 3 aromatic rings. The second-order valence-corrected chi connectivity index (χ2v) is 9.42. The molecule has 0 bridgehead atoms. The van der Waals surface area contributed by atoms with E-state index in [2.05, 4.69) is 57.5 Å². The van der Waals surface area contributed by atoms with Crippen LogP contribution in [0.4, 0.5) is 5.82 Å². The third-order valence-corrected chi connectivity index (χ3v) is 7.12. The van der Waals surface area contributed by atoms with E-state index >= 15 is 0 Å². The van der Waals surface area contributed by atoms with E-state index in [1.54, 1.807) is 0 Å². The summed E-state index contributed by atoms with van der Waals surface area (Å²) < 4.78 is 13.4. The van der Waals surface area contributed by atoms with Gasteiger partial charge in [-0.1, -0.05) is 12.0 Å². The van der Waals surface area contributed by atoms with Gasteiger partial charge in [-0.3, -0.25) is 4.90 Å². The van der Waals surface area contributed by atoms with Gasteiger partial charge in [-0.15, -0.1) is 6.42 Å². The highest BCUT2D eigenvalue weighted by Crippen LogP contribution is 2.31. The van der Waals surface area contributed by atoms with Gasteiger partial charge in [0.05, 0.1) is 36.9 Å². The maximum absolute atomic E-state index is 5.78. The molecule has 0 spiro atoms. The average Bonchev–Trinajstić information content (AvgIpc) is 3.44. The highest BCUT2D eigenvalue weighted by molar-refractivity contribution is 5.81. The van der Waals surface area contributed by atoms with Crippen molar-refractivity contribution in [2.45, 2.75) is 51.9 Å². The lowest BCUT2D eigenvalue weighted by Gasteiger charge is -2.26. The number of rotatable bonds is 8. The van der Waals surface area contributed by atoms with Gasteiger partial charge in [0.15, 0.2) is 0 Å². The first-order valence-corrected chi connectivity index (χ1v) is 12.8. The number of pyridine rings is 1. The van der Waals surface area contributed by atoms with Gasteiger partial charge in [-0.05, 0) is 56.5 Å². The Labute approximate surface area is 208 Å². The van der Waals surface area contributed by atoms with Crippen molar-refractivity contribution < 1.29 is 9.47 Å². The monoisotopic (exact) mass is 473 g/mol. The number of anilines is 1. The Morgan fingerprint density at radius 2 is 2.03 bits per heavy atom. The van der Waals surface area contributed by atoms with Crippen molar-refractivity contribution in [2.24, 2.45) is 0 Å². The summed E-state index contributed by atoms with van der Waals surface area (Å²) in [7, 11) is 0. The second-order valence-electron chi connectivity index (χ2n) is 9.42. The normalized spacial score (nSPS) is 21.0. The molecule has 2 aromatic heterocycles. The first kappa shape index (κ1) is 23.8. The van der Waals surface area contributed by atoms with E-state index in [1.165, 1.54) is 5.56 Å². The molecular formula is C28H35N5O2. The molecule has 2 fully saturated rings. The van der Waals surface area contributed by atoms with E-state index in [4.69, 9.17) is 25.9 Å². The van der Waals surface area contributed by atoms with E-state index in [1.807, 2.05) is 13.1 Å².